The highest BCUT2D eigenvalue weighted by Crippen LogP contribution is 2.01. The van der Waals surface area contributed by atoms with Gasteiger partial charge < -0.3 is 5.73 Å². The third-order valence-corrected chi connectivity index (χ3v) is 1.36. The number of thiocarbonyl (C=S) groups is 1. The Labute approximate surface area is 63.7 Å². The molecule has 0 fully saturated rings. The third kappa shape index (κ3) is 1.51. The van der Waals surface area contributed by atoms with Crippen LogP contribution in [0.15, 0.2) is 24.3 Å². The summed E-state index contributed by atoms with van der Waals surface area (Å²) in [4.78, 5) is 0.292. The van der Waals surface area contributed by atoms with Gasteiger partial charge >= 0.3 is 0 Å². The van der Waals surface area contributed by atoms with Gasteiger partial charge in [0.05, 0.1) is 0 Å². The number of benzene rings is 1. The van der Waals surface area contributed by atoms with Crippen molar-refractivity contribution in [3.8, 4) is 0 Å². The van der Waals surface area contributed by atoms with Crippen molar-refractivity contribution in [1.29, 1.82) is 0 Å². The van der Waals surface area contributed by atoms with Gasteiger partial charge in [-0.3, -0.25) is 0 Å². The Hall–Kier alpha value is -0.960. The molecule has 52 valence electrons. The molecule has 0 saturated carbocycles. The molecule has 0 saturated heterocycles. The lowest BCUT2D eigenvalue weighted by molar-refractivity contribution is 0.628. The summed E-state index contributed by atoms with van der Waals surface area (Å²) < 4.78 is 12.3. The van der Waals surface area contributed by atoms with Crippen LogP contribution in [-0.4, -0.2) is 4.99 Å². The van der Waals surface area contributed by atoms with Gasteiger partial charge in [-0.1, -0.05) is 12.2 Å². The number of halogens is 1. The molecule has 3 heteroatoms. The normalized spacial score (nSPS) is 9.30. The zero-order chi connectivity index (χ0) is 7.56. The molecule has 0 heterocycles. The van der Waals surface area contributed by atoms with Gasteiger partial charge in [0.15, 0.2) is 0 Å². The van der Waals surface area contributed by atoms with Gasteiger partial charge in [0.25, 0.3) is 0 Å². The van der Waals surface area contributed by atoms with Gasteiger partial charge in [0.1, 0.15) is 10.8 Å². The Bertz CT molecular complexity index is 242. The lowest BCUT2D eigenvalue weighted by atomic mass is 10.2. The monoisotopic (exact) mass is 155 g/mol. The molecule has 1 aromatic rings. The van der Waals surface area contributed by atoms with Crippen molar-refractivity contribution in [2.75, 3.05) is 0 Å². The summed E-state index contributed by atoms with van der Waals surface area (Å²) in [7, 11) is 0. The van der Waals surface area contributed by atoms with E-state index in [-0.39, 0.29) is 5.82 Å². The first-order chi connectivity index (χ1) is 4.70. The van der Waals surface area contributed by atoms with Crippen molar-refractivity contribution in [2.24, 2.45) is 5.73 Å². The summed E-state index contributed by atoms with van der Waals surface area (Å²) in [5.74, 6) is -0.278. The van der Waals surface area contributed by atoms with Gasteiger partial charge in [0, 0.05) is 5.56 Å². The molecular formula is C7H6FNS. The molecule has 1 nitrogen and oxygen atoms in total. The van der Waals surface area contributed by atoms with E-state index in [1.165, 1.54) is 12.1 Å². The maximum absolute atomic E-state index is 12.3. The van der Waals surface area contributed by atoms with Crippen molar-refractivity contribution in [2.45, 2.75) is 0 Å². The standard InChI is InChI=1S/C7H6FNS/c8-6-3-1-5(2-4-6)7(9)10/h1-4H,(H2,9,10). The molecule has 0 bridgehead atoms. The maximum atomic E-state index is 12.3. The van der Waals surface area contributed by atoms with Crippen LogP contribution in [0.25, 0.3) is 0 Å². The second-order valence-corrected chi connectivity index (χ2v) is 2.31. The van der Waals surface area contributed by atoms with Crippen LogP contribution in [0.4, 0.5) is 4.39 Å². The van der Waals surface area contributed by atoms with Crippen LogP contribution in [0, 0.1) is 5.82 Å². The Morgan fingerprint density at radius 2 is 1.80 bits per heavy atom. The van der Waals surface area contributed by atoms with E-state index in [1.807, 2.05) is 0 Å². The third-order valence-electron chi connectivity index (χ3n) is 1.13. The summed E-state index contributed by atoms with van der Waals surface area (Å²) in [5, 5.41) is 0. The number of hydrogen-bond donors (Lipinski definition) is 1. The van der Waals surface area contributed by atoms with Gasteiger partial charge in [-0.2, -0.15) is 0 Å². The zero-order valence-corrected chi connectivity index (χ0v) is 5.99. The Kier molecular flexibility index (Phi) is 1.97. The predicted octanol–water partition coefficient (Wildman–Crippen LogP) is 1.46. The Balaban J connectivity index is 3.00. The second-order valence-electron chi connectivity index (χ2n) is 1.87. The van der Waals surface area contributed by atoms with E-state index in [2.05, 4.69) is 12.2 Å². The average Bonchev–Trinajstić information content (AvgIpc) is 1.88. The van der Waals surface area contributed by atoms with E-state index in [1.54, 1.807) is 12.1 Å². The molecule has 0 aliphatic carbocycles. The minimum Gasteiger partial charge on any atom is -0.389 e. The van der Waals surface area contributed by atoms with E-state index in [4.69, 9.17) is 5.73 Å². The lowest BCUT2D eigenvalue weighted by Crippen LogP contribution is -2.08. The largest absolute Gasteiger partial charge is 0.389 e. The van der Waals surface area contributed by atoms with E-state index in [9.17, 15) is 4.39 Å². The molecule has 1 rings (SSSR count). The van der Waals surface area contributed by atoms with Crippen molar-refractivity contribution in [3.63, 3.8) is 0 Å². The number of hydrogen-bond acceptors (Lipinski definition) is 1. The van der Waals surface area contributed by atoms with Gasteiger partial charge in [-0.05, 0) is 24.3 Å². The molecule has 10 heavy (non-hydrogen) atoms. The molecule has 0 radical (unpaired) electrons. The minimum absolute atomic E-state index is 0.278. The number of nitrogens with two attached hydrogens (primary N) is 1. The molecule has 0 spiro atoms. The van der Waals surface area contributed by atoms with Crippen LogP contribution in [0.5, 0.6) is 0 Å². The molecule has 2 N–H and O–H groups in total. The predicted molar refractivity (Wildman–Crippen MR) is 42.3 cm³/mol. The van der Waals surface area contributed by atoms with E-state index < -0.39 is 0 Å². The molecule has 0 aromatic heterocycles. The smallest absolute Gasteiger partial charge is 0.123 e. The molecule has 0 unspecified atom stereocenters. The second kappa shape index (κ2) is 2.75. The van der Waals surface area contributed by atoms with Gasteiger partial charge in [-0.25, -0.2) is 4.39 Å². The molecule has 0 aliphatic rings. The number of rotatable bonds is 1. The molecular weight excluding hydrogens is 149 g/mol. The molecule has 0 amide bonds. The summed E-state index contributed by atoms with van der Waals surface area (Å²) in [6.07, 6.45) is 0. The van der Waals surface area contributed by atoms with Crippen molar-refractivity contribution >= 4 is 17.2 Å². The van der Waals surface area contributed by atoms with Crippen LogP contribution in [0.2, 0.25) is 0 Å². The highest BCUT2D eigenvalue weighted by atomic mass is 32.1. The van der Waals surface area contributed by atoms with Crippen LogP contribution in [0.1, 0.15) is 5.56 Å². The topological polar surface area (TPSA) is 26.0 Å². The quantitative estimate of drug-likeness (QED) is 0.621. The van der Waals surface area contributed by atoms with Crippen LogP contribution in [0.3, 0.4) is 0 Å². The fraction of sp³-hybridized carbons (Fsp3) is 0. The molecule has 0 atom stereocenters. The average molecular weight is 155 g/mol. The van der Waals surface area contributed by atoms with Crippen LogP contribution in [-0.2, 0) is 0 Å². The SMILES string of the molecule is NC(=S)c1ccc(F)cc1. The molecule has 0 aliphatic heterocycles. The molecule has 1 aromatic carbocycles. The van der Waals surface area contributed by atoms with Crippen molar-refractivity contribution in [1.82, 2.24) is 0 Å². The van der Waals surface area contributed by atoms with E-state index in [0.29, 0.717) is 10.6 Å². The van der Waals surface area contributed by atoms with E-state index in [0.717, 1.165) is 0 Å². The summed E-state index contributed by atoms with van der Waals surface area (Å²) in [6.45, 7) is 0. The first-order valence-electron chi connectivity index (χ1n) is 2.75. The highest BCUT2D eigenvalue weighted by molar-refractivity contribution is 7.80. The van der Waals surface area contributed by atoms with Crippen molar-refractivity contribution in [3.05, 3.63) is 35.6 Å². The Morgan fingerprint density at radius 1 is 1.30 bits per heavy atom. The fourth-order valence-corrected chi connectivity index (χ4v) is 0.750. The maximum Gasteiger partial charge on any atom is 0.123 e. The lowest BCUT2D eigenvalue weighted by Gasteiger charge is -1.94. The summed E-state index contributed by atoms with van der Waals surface area (Å²) in [5.41, 5.74) is 5.96. The Morgan fingerprint density at radius 3 is 2.20 bits per heavy atom. The minimum atomic E-state index is -0.278. The van der Waals surface area contributed by atoms with Crippen LogP contribution >= 0.6 is 12.2 Å². The first kappa shape index (κ1) is 7.15. The summed E-state index contributed by atoms with van der Waals surface area (Å²) >= 11 is 4.66. The zero-order valence-electron chi connectivity index (χ0n) is 5.17. The van der Waals surface area contributed by atoms with Crippen LogP contribution < -0.4 is 5.73 Å². The first-order valence-corrected chi connectivity index (χ1v) is 3.16. The van der Waals surface area contributed by atoms with E-state index >= 15 is 0 Å². The highest BCUT2D eigenvalue weighted by Gasteiger charge is 1.93. The van der Waals surface area contributed by atoms with Gasteiger partial charge in [0.2, 0.25) is 0 Å². The van der Waals surface area contributed by atoms with Gasteiger partial charge in [-0.15, -0.1) is 0 Å². The summed E-state index contributed by atoms with van der Waals surface area (Å²) in [6, 6.07) is 5.76. The fourth-order valence-electron chi connectivity index (χ4n) is 0.614. The van der Waals surface area contributed by atoms with Crippen molar-refractivity contribution < 1.29 is 4.39 Å².